The van der Waals surface area contributed by atoms with Gasteiger partial charge in [-0.25, -0.2) is 0 Å². The van der Waals surface area contributed by atoms with E-state index in [1.165, 1.54) is 0 Å². The monoisotopic (exact) mass is 394 g/mol. The maximum absolute atomic E-state index is 13.1. The Bertz CT molecular complexity index is 850. The van der Waals surface area contributed by atoms with Crippen LogP contribution in [0.25, 0.3) is 11.1 Å². The smallest absolute Gasteiger partial charge is 0.254 e. The number of benzene rings is 2. The van der Waals surface area contributed by atoms with Gasteiger partial charge in [-0.2, -0.15) is 0 Å². The van der Waals surface area contributed by atoms with Crippen LogP contribution in [0.1, 0.15) is 26.3 Å². The van der Waals surface area contributed by atoms with E-state index in [0.29, 0.717) is 26.1 Å². The molecule has 1 N–H and O–H groups in total. The first-order chi connectivity index (χ1) is 14.0. The number of carbonyl (C=O) groups excluding carboxylic acids is 2. The fraction of sp³-hybridized carbons (Fsp3) is 0.417. The summed E-state index contributed by atoms with van der Waals surface area (Å²) in [5, 5.41) is 2.92. The third kappa shape index (κ3) is 4.67. The lowest BCUT2D eigenvalue weighted by atomic mass is 9.87. The van der Waals surface area contributed by atoms with E-state index in [0.717, 1.165) is 16.7 Å². The Hall–Kier alpha value is -2.66. The van der Waals surface area contributed by atoms with Crippen molar-refractivity contribution >= 4 is 11.8 Å². The summed E-state index contributed by atoms with van der Waals surface area (Å²) in [7, 11) is 0. The van der Waals surface area contributed by atoms with Gasteiger partial charge in [-0.15, -0.1) is 0 Å². The summed E-state index contributed by atoms with van der Waals surface area (Å²) in [5.74, 6) is -0.223. The zero-order valence-corrected chi connectivity index (χ0v) is 17.5. The lowest BCUT2D eigenvalue weighted by Crippen LogP contribution is -2.62. The van der Waals surface area contributed by atoms with Crippen molar-refractivity contribution in [2.24, 2.45) is 5.92 Å². The van der Waals surface area contributed by atoms with Gasteiger partial charge in [0.1, 0.15) is 0 Å². The van der Waals surface area contributed by atoms with Crippen LogP contribution < -0.4 is 5.32 Å². The molecule has 154 valence electrons. The summed E-state index contributed by atoms with van der Waals surface area (Å²) in [5.41, 5.74) is 2.11. The van der Waals surface area contributed by atoms with Gasteiger partial charge in [0.05, 0.1) is 13.2 Å². The lowest BCUT2D eigenvalue weighted by molar-refractivity contribution is -0.167. The molecule has 5 nitrogen and oxygen atoms in total. The fourth-order valence-electron chi connectivity index (χ4n) is 3.87. The van der Waals surface area contributed by atoms with E-state index in [4.69, 9.17) is 4.74 Å². The molecule has 2 aromatic rings. The average molecular weight is 395 g/mol. The predicted molar refractivity (Wildman–Crippen MR) is 114 cm³/mol. The summed E-state index contributed by atoms with van der Waals surface area (Å²) in [6, 6.07) is 18.2. The first-order valence-corrected chi connectivity index (χ1v) is 10.3. The number of hydrogen-bond donors (Lipinski definition) is 1. The van der Waals surface area contributed by atoms with Gasteiger partial charge in [0.2, 0.25) is 5.91 Å². The molecular formula is C24H30N2O3. The van der Waals surface area contributed by atoms with Crippen molar-refractivity contribution in [1.82, 2.24) is 10.2 Å². The number of nitrogens with zero attached hydrogens (tertiary/aromatic N) is 1. The fourth-order valence-corrected chi connectivity index (χ4v) is 3.87. The van der Waals surface area contributed by atoms with Crippen LogP contribution in [0.3, 0.4) is 0 Å². The summed E-state index contributed by atoms with van der Waals surface area (Å²) >= 11 is 0. The number of ether oxygens (including phenoxy) is 1. The van der Waals surface area contributed by atoms with Crippen molar-refractivity contribution < 1.29 is 14.3 Å². The number of rotatable bonds is 6. The van der Waals surface area contributed by atoms with Crippen LogP contribution in [0.15, 0.2) is 54.6 Å². The van der Waals surface area contributed by atoms with Gasteiger partial charge in [-0.05, 0) is 23.6 Å². The highest BCUT2D eigenvalue weighted by molar-refractivity contribution is 5.88. The van der Waals surface area contributed by atoms with Crippen molar-refractivity contribution in [3.63, 3.8) is 0 Å². The van der Waals surface area contributed by atoms with Crippen LogP contribution in [0.5, 0.6) is 0 Å². The third-order valence-electron chi connectivity index (χ3n) is 5.32. The Balaban J connectivity index is 1.97. The molecule has 29 heavy (non-hydrogen) atoms. The molecule has 0 saturated carbocycles. The number of nitrogens with one attached hydrogen (secondary N) is 1. The molecule has 3 rings (SSSR count). The normalized spacial score (nSPS) is 19.2. The highest BCUT2D eigenvalue weighted by Crippen LogP contribution is 2.30. The quantitative estimate of drug-likeness (QED) is 0.818. The Morgan fingerprint density at radius 2 is 1.79 bits per heavy atom. The zero-order chi connectivity index (χ0) is 20.9. The molecule has 0 spiro atoms. The molecule has 2 aromatic carbocycles. The number of likely N-dealkylation sites (N-methyl/N-ethyl adjacent to an activating group) is 1. The highest BCUT2D eigenvalue weighted by atomic mass is 16.5. The van der Waals surface area contributed by atoms with E-state index < -0.39 is 5.60 Å². The van der Waals surface area contributed by atoms with Crippen LogP contribution in [-0.2, 0) is 20.7 Å². The molecule has 5 heteroatoms. The highest BCUT2D eigenvalue weighted by Gasteiger charge is 2.45. The molecule has 1 heterocycles. The minimum absolute atomic E-state index is 0.0540. The summed E-state index contributed by atoms with van der Waals surface area (Å²) in [6.07, 6.45) is 0.409. The van der Waals surface area contributed by atoms with Crippen molar-refractivity contribution in [1.29, 1.82) is 0 Å². The molecule has 1 saturated heterocycles. The molecule has 1 fully saturated rings. The van der Waals surface area contributed by atoms with Crippen LogP contribution in [0.4, 0.5) is 0 Å². The van der Waals surface area contributed by atoms with Crippen molar-refractivity contribution in [2.75, 3.05) is 26.2 Å². The summed E-state index contributed by atoms with van der Waals surface area (Å²) < 4.78 is 6.13. The van der Waals surface area contributed by atoms with E-state index >= 15 is 0 Å². The van der Waals surface area contributed by atoms with Gasteiger partial charge in [0, 0.05) is 25.4 Å². The van der Waals surface area contributed by atoms with E-state index in [9.17, 15) is 9.59 Å². The van der Waals surface area contributed by atoms with Crippen molar-refractivity contribution in [2.45, 2.75) is 32.8 Å². The standard InChI is InChI=1S/C24H30N2O3/c1-4-25-23(28)24(17-26(14-15-29-24)22(27)18(2)3)16-20-12-8-9-13-21(20)19-10-6-5-7-11-19/h5-13,18H,4,14-17H2,1-3H3,(H,25,28)/t24-/m0/s1. The van der Waals surface area contributed by atoms with Crippen molar-refractivity contribution in [3.8, 4) is 11.1 Å². The molecule has 0 unspecified atom stereocenters. The third-order valence-corrected chi connectivity index (χ3v) is 5.32. The van der Waals surface area contributed by atoms with E-state index in [2.05, 4.69) is 23.5 Å². The van der Waals surface area contributed by atoms with Gasteiger partial charge in [0.25, 0.3) is 5.91 Å². The molecular weight excluding hydrogens is 364 g/mol. The molecule has 1 aliphatic rings. The maximum atomic E-state index is 13.1. The molecule has 1 atom stereocenters. The molecule has 2 amide bonds. The largest absolute Gasteiger partial charge is 0.361 e. The number of amides is 2. The lowest BCUT2D eigenvalue weighted by Gasteiger charge is -2.42. The van der Waals surface area contributed by atoms with Gasteiger partial charge in [0.15, 0.2) is 5.60 Å². The second kappa shape index (κ2) is 9.23. The van der Waals surface area contributed by atoms with Gasteiger partial charge in [-0.3, -0.25) is 9.59 Å². The minimum Gasteiger partial charge on any atom is -0.361 e. The zero-order valence-electron chi connectivity index (χ0n) is 17.5. The second-order valence-electron chi connectivity index (χ2n) is 7.82. The SMILES string of the molecule is CCNC(=O)[C@]1(Cc2ccccc2-c2ccccc2)CN(C(=O)C(C)C)CCO1. The Morgan fingerprint density at radius 3 is 2.48 bits per heavy atom. The van der Waals surface area contributed by atoms with Crippen LogP contribution in [0, 0.1) is 5.92 Å². The predicted octanol–water partition coefficient (Wildman–Crippen LogP) is 3.29. The number of morpholine rings is 1. The Kier molecular flexibility index (Phi) is 6.70. The molecule has 0 aliphatic carbocycles. The summed E-state index contributed by atoms with van der Waals surface area (Å²) in [6.45, 7) is 7.30. The topological polar surface area (TPSA) is 58.6 Å². The average Bonchev–Trinajstić information content (AvgIpc) is 2.74. The molecule has 0 aromatic heterocycles. The molecule has 0 radical (unpaired) electrons. The van der Waals surface area contributed by atoms with Crippen LogP contribution in [-0.4, -0.2) is 48.6 Å². The molecule has 1 aliphatic heterocycles. The van der Waals surface area contributed by atoms with E-state index in [1.807, 2.05) is 57.2 Å². The minimum atomic E-state index is -1.09. The number of carbonyl (C=O) groups is 2. The molecule has 0 bridgehead atoms. The Morgan fingerprint density at radius 1 is 1.10 bits per heavy atom. The van der Waals surface area contributed by atoms with Gasteiger partial charge < -0.3 is 15.0 Å². The van der Waals surface area contributed by atoms with Gasteiger partial charge in [-0.1, -0.05) is 68.4 Å². The van der Waals surface area contributed by atoms with Gasteiger partial charge >= 0.3 is 0 Å². The van der Waals surface area contributed by atoms with Crippen LogP contribution >= 0.6 is 0 Å². The first kappa shape index (κ1) is 21.1. The maximum Gasteiger partial charge on any atom is 0.254 e. The first-order valence-electron chi connectivity index (χ1n) is 10.3. The second-order valence-corrected chi connectivity index (χ2v) is 7.82. The van der Waals surface area contributed by atoms with E-state index in [-0.39, 0.29) is 24.3 Å². The van der Waals surface area contributed by atoms with Crippen molar-refractivity contribution in [3.05, 3.63) is 60.2 Å². The van der Waals surface area contributed by atoms with E-state index in [1.54, 1.807) is 4.90 Å². The Labute approximate surface area is 173 Å². The number of hydrogen-bond acceptors (Lipinski definition) is 3. The van der Waals surface area contributed by atoms with Crippen LogP contribution in [0.2, 0.25) is 0 Å². The summed E-state index contributed by atoms with van der Waals surface area (Å²) in [4.78, 5) is 27.6.